The van der Waals surface area contributed by atoms with Crippen LogP contribution in [0.2, 0.25) is 5.02 Å². The number of carbonyl (C=O) groups excluding carboxylic acids is 1. The number of hydrogen-bond donors (Lipinski definition) is 2. The number of sulfonamides is 1. The number of benzene rings is 2. The molecule has 0 bridgehead atoms. The van der Waals surface area contributed by atoms with Crippen LogP contribution in [0.1, 0.15) is 15.9 Å². The molecule has 0 saturated heterocycles. The van der Waals surface area contributed by atoms with Gasteiger partial charge in [-0.2, -0.15) is 0 Å². The molecular formula is C17H17ClN2O5S. The molecule has 1 amide bonds. The van der Waals surface area contributed by atoms with Crippen molar-refractivity contribution in [1.82, 2.24) is 10.0 Å². The van der Waals surface area contributed by atoms with E-state index in [0.717, 1.165) is 5.56 Å². The van der Waals surface area contributed by atoms with Gasteiger partial charge in [-0.15, -0.1) is 0 Å². The van der Waals surface area contributed by atoms with Crippen molar-refractivity contribution in [1.29, 1.82) is 0 Å². The lowest BCUT2D eigenvalue weighted by Gasteiger charge is -2.09. The third kappa shape index (κ3) is 3.92. The van der Waals surface area contributed by atoms with E-state index in [9.17, 15) is 13.2 Å². The van der Waals surface area contributed by atoms with Crippen LogP contribution in [0, 0.1) is 0 Å². The second-order valence-corrected chi connectivity index (χ2v) is 7.81. The first-order valence-electron chi connectivity index (χ1n) is 7.80. The van der Waals surface area contributed by atoms with Crippen LogP contribution in [0.5, 0.6) is 11.5 Å². The number of hydrogen-bond acceptors (Lipinski definition) is 5. The Balaban J connectivity index is 1.64. The summed E-state index contributed by atoms with van der Waals surface area (Å²) in [5.41, 5.74) is 1.21. The highest BCUT2D eigenvalue weighted by Gasteiger charge is 2.18. The molecule has 2 N–H and O–H groups in total. The normalized spacial score (nSPS) is 12.8. The summed E-state index contributed by atoms with van der Waals surface area (Å²) in [5, 5.41) is 2.81. The highest BCUT2D eigenvalue weighted by atomic mass is 35.5. The summed E-state index contributed by atoms with van der Waals surface area (Å²) in [6.45, 7) is 0.596. The van der Waals surface area contributed by atoms with Crippen LogP contribution in [-0.4, -0.2) is 34.7 Å². The average molecular weight is 397 g/mol. The van der Waals surface area contributed by atoms with Crippen molar-refractivity contribution in [2.45, 2.75) is 11.3 Å². The third-order valence-electron chi connectivity index (χ3n) is 3.89. The van der Waals surface area contributed by atoms with Crippen LogP contribution in [0.15, 0.2) is 41.3 Å². The molecule has 138 valence electrons. The van der Waals surface area contributed by atoms with Crippen molar-refractivity contribution in [3.8, 4) is 11.5 Å². The van der Waals surface area contributed by atoms with Gasteiger partial charge in [0.15, 0.2) is 11.5 Å². The van der Waals surface area contributed by atoms with Crippen molar-refractivity contribution in [3.63, 3.8) is 0 Å². The van der Waals surface area contributed by atoms with Crippen molar-refractivity contribution in [2.24, 2.45) is 0 Å². The van der Waals surface area contributed by atoms with Gasteiger partial charge in [0.2, 0.25) is 16.8 Å². The summed E-state index contributed by atoms with van der Waals surface area (Å²) < 4.78 is 36.6. The number of halogens is 1. The Morgan fingerprint density at radius 3 is 2.69 bits per heavy atom. The van der Waals surface area contributed by atoms with Gasteiger partial charge in [0.1, 0.15) is 4.90 Å². The predicted octanol–water partition coefficient (Wildman–Crippen LogP) is 1.95. The molecule has 9 heteroatoms. The maximum atomic E-state index is 12.3. The first-order valence-corrected chi connectivity index (χ1v) is 9.66. The fourth-order valence-electron chi connectivity index (χ4n) is 2.48. The molecule has 7 nitrogen and oxygen atoms in total. The van der Waals surface area contributed by atoms with E-state index in [-0.39, 0.29) is 28.2 Å². The van der Waals surface area contributed by atoms with Gasteiger partial charge >= 0.3 is 0 Å². The molecule has 0 saturated carbocycles. The fraction of sp³-hybridized carbons (Fsp3) is 0.235. The van der Waals surface area contributed by atoms with E-state index < -0.39 is 10.0 Å². The highest BCUT2D eigenvalue weighted by molar-refractivity contribution is 7.89. The van der Waals surface area contributed by atoms with E-state index >= 15 is 0 Å². The number of ether oxygens (including phenoxy) is 2. The predicted molar refractivity (Wildman–Crippen MR) is 96.3 cm³/mol. The molecule has 0 spiro atoms. The monoisotopic (exact) mass is 396 g/mol. The number of rotatable bonds is 6. The van der Waals surface area contributed by atoms with Gasteiger partial charge in [-0.1, -0.05) is 17.7 Å². The molecule has 26 heavy (non-hydrogen) atoms. The van der Waals surface area contributed by atoms with Crippen molar-refractivity contribution in [3.05, 3.63) is 52.5 Å². The highest BCUT2D eigenvalue weighted by Crippen LogP contribution is 2.32. The van der Waals surface area contributed by atoms with Gasteiger partial charge < -0.3 is 14.8 Å². The average Bonchev–Trinajstić information content (AvgIpc) is 3.09. The maximum absolute atomic E-state index is 12.3. The van der Waals surface area contributed by atoms with E-state index in [4.69, 9.17) is 21.1 Å². The van der Waals surface area contributed by atoms with Crippen LogP contribution >= 0.6 is 11.6 Å². The molecule has 1 aliphatic heterocycles. The molecular weight excluding hydrogens is 380 g/mol. The van der Waals surface area contributed by atoms with Gasteiger partial charge in [-0.3, -0.25) is 4.79 Å². The Morgan fingerprint density at radius 1 is 1.15 bits per heavy atom. The lowest BCUT2D eigenvalue weighted by Crippen LogP contribution is -2.26. The summed E-state index contributed by atoms with van der Waals surface area (Å²) in [6, 6.07) is 9.72. The van der Waals surface area contributed by atoms with Gasteiger partial charge in [0.25, 0.3) is 5.91 Å². The zero-order chi connectivity index (χ0) is 18.7. The van der Waals surface area contributed by atoms with Crippen LogP contribution in [0.25, 0.3) is 0 Å². The third-order valence-corrected chi connectivity index (χ3v) is 5.78. The first-order chi connectivity index (χ1) is 12.4. The molecule has 1 heterocycles. The number of nitrogens with one attached hydrogen (secondary N) is 2. The minimum absolute atomic E-state index is 0.0521. The number of amides is 1. The van der Waals surface area contributed by atoms with Crippen LogP contribution in [0.4, 0.5) is 0 Å². The lowest BCUT2D eigenvalue weighted by atomic mass is 10.1. The van der Waals surface area contributed by atoms with Crippen LogP contribution in [-0.2, 0) is 16.4 Å². The Kier molecular flexibility index (Phi) is 5.36. The summed E-state index contributed by atoms with van der Waals surface area (Å²) in [6.07, 6.45) is 0.595. The Bertz CT molecular complexity index is 946. The summed E-state index contributed by atoms with van der Waals surface area (Å²) in [5.74, 6) is 1.01. The first kappa shape index (κ1) is 18.5. The molecule has 0 radical (unpaired) electrons. The molecule has 1 aliphatic rings. The zero-order valence-corrected chi connectivity index (χ0v) is 15.5. The number of carbonyl (C=O) groups is 1. The van der Waals surface area contributed by atoms with Crippen molar-refractivity contribution < 1.29 is 22.7 Å². The summed E-state index contributed by atoms with van der Waals surface area (Å²) in [7, 11) is -2.46. The van der Waals surface area contributed by atoms with E-state index in [2.05, 4.69) is 10.0 Å². The van der Waals surface area contributed by atoms with Crippen LogP contribution in [0.3, 0.4) is 0 Å². The fourth-order valence-corrected chi connectivity index (χ4v) is 3.73. The van der Waals surface area contributed by atoms with Gasteiger partial charge in [-0.05, 0) is 49.4 Å². The van der Waals surface area contributed by atoms with E-state index in [0.29, 0.717) is 24.5 Å². The number of fused-ring (bicyclic) bond motifs is 1. The van der Waals surface area contributed by atoms with E-state index in [1.165, 1.54) is 25.2 Å². The SMILES string of the molecule is CNS(=O)(=O)c1cc(C(=O)NCCc2ccc3c(c2)OCO3)ccc1Cl. The summed E-state index contributed by atoms with van der Waals surface area (Å²) >= 11 is 5.92. The van der Waals surface area contributed by atoms with Crippen molar-refractivity contribution >= 4 is 27.5 Å². The summed E-state index contributed by atoms with van der Waals surface area (Å²) in [4.78, 5) is 12.2. The standard InChI is InChI=1S/C17H17ClN2O5S/c1-19-26(22,23)16-9-12(3-4-13(16)18)17(21)20-7-6-11-2-5-14-15(8-11)25-10-24-14/h2-5,8-9,19H,6-7,10H2,1H3,(H,20,21). The second kappa shape index (κ2) is 7.53. The second-order valence-electron chi connectivity index (χ2n) is 5.55. The molecule has 0 atom stereocenters. The smallest absolute Gasteiger partial charge is 0.251 e. The van der Waals surface area contributed by atoms with Gasteiger partial charge in [0.05, 0.1) is 5.02 Å². The molecule has 0 aliphatic carbocycles. The van der Waals surface area contributed by atoms with Crippen LogP contribution < -0.4 is 19.5 Å². The lowest BCUT2D eigenvalue weighted by molar-refractivity contribution is 0.0954. The zero-order valence-electron chi connectivity index (χ0n) is 13.9. The molecule has 0 aromatic heterocycles. The molecule has 2 aromatic rings. The molecule has 0 fully saturated rings. The van der Waals surface area contributed by atoms with E-state index in [1.54, 1.807) is 0 Å². The quantitative estimate of drug-likeness (QED) is 0.778. The Labute approximate surface area is 156 Å². The Hall–Kier alpha value is -2.29. The van der Waals surface area contributed by atoms with E-state index in [1.807, 2.05) is 18.2 Å². The molecule has 0 unspecified atom stereocenters. The van der Waals surface area contributed by atoms with Crippen molar-refractivity contribution in [2.75, 3.05) is 20.4 Å². The largest absolute Gasteiger partial charge is 0.454 e. The van der Waals surface area contributed by atoms with Gasteiger partial charge in [-0.25, -0.2) is 13.1 Å². The Morgan fingerprint density at radius 2 is 1.92 bits per heavy atom. The topological polar surface area (TPSA) is 93.7 Å². The maximum Gasteiger partial charge on any atom is 0.251 e. The molecule has 3 rings (SSSR count). The minimum Gasteiger partial charge on any atom is -0.454 e. The van der Waals surface area contributed by atoms with Gasteiger partial charge in [0, 0.05) is 12.1 Å². The molecule has 2 aromatic carbocycles. The minimum atomic E-state index is -3.74.